The summed E-state index contributed by atoms with van der Waals surface area (Å²) in [4.78, 5) is 22.8. The lowest BCUT2D eigenvalue weighted by molar-refractivity contribution is -0.127. The van der Waals surface area contributed by atoms with Crippen LogP contribution in [0.2, 0.25) is 0 Å². The zero-order valence-corrected chi connectivity index (χ0v) is 9.88. The lowest BCUT2D eigenvalue weighted by atomic mass is 10.1. The Morgan fingerprint density at radius 3 is 2.53 bits per heavy atom. The molecule has 2 aromatic rings. The van der Waals surface area contributed by atoms with Crippen molar-refractivity contribution in [2.75, 3.05) is 0 Å². The maximum Gasteiger partial charge on any atom is 0.393 e. The summed E-state index contributed by atoms with van der Waals surface area (Å²) in [6, 6.07) is 4.62. The zero-order valence-electron chi connectivity index (χ0n) is 9.88. The Hall–Kier alpha value is -2.11. The number of carbonyl (C=O) groups is 1. The predicted molar refractivity (Wildman–Crippen MR) is 62.2 cm³/mol. The maximum atomic E-state index is 12.3. The van der Waals surface area contributed by atoms with Crippen molar-refractivity contribution < 1.29 is 22.4 Å². The van der Waals surface area contributed by atoms with Crippen molar-refractivity contribution in [1.82, 2.24) is 0 Å². The molecule has 6 heteroatoms. The summed E-state index contributed by atoms with van der Waals surface area (Å²) in [5, 5.41) is 0.0340. The van der Waals surface area contributed by atoms with Gasteiger partial charge in [0.2, 0.25) is 0 Å². The van der Waals surface area contributed by atoms with Crippen LogP contribution in [0.25, 0.3) is 11.0 Å². The molecule has 0 aliphatic carbocycles. The fourth-order valence-corrected chi connectivity index (χ4v) is 1.72. The van der Waals surface area contributed by atoms with Crippen molar-refractivity contribution in [3.05, 3.63) is 45.8 Å². The second kappa shape index (κ2) is 4.53. The number of hydrogen-bond acceptors (Lipinski definition) is 3. The summed E-state index contributed by atoms with van der Waals surface area (Å²) in [6.07, 6.45) is -5.45. The lowest BCUT2D eigenvalue weighted by Gasteiger charge is -2.07. The summed E-state index contributed by atoms with van der Waals surface area (Å²) >= 11 is 0. The van der Waals surface area contributed by atoms with Gasteiger partial charge in [0.15, 0.2) is 17.0 Å². The monoisotopic (exact) mass is 270 g/mol. The number of alkyl halides is 3. The van der Waals surface area contributed by atoms with E-state index in [-0.39, 0.29) is 22.3 Å². The second-order valence-electron chi connectivity index (χ2n) is 4.15. The molecule has 1 aromatic carbocycles. The lowest BCUT2D eigenvalue weighted by Crippen LogP contribution is -2.12. The summed E-state index contributed by atoms with van der Waals surface area (Å²) in [5.41, 5.74) is -0.457. The van der Waals surface area contributed by atoms with Crippen LogP contribution in [-0.2, 0) is 6.42 Å². The minimum absolute atomic E-state index is 0.0251. The topological polar surface area (TPSA) is 47.3 Å². The van der Waals surface area contributed by atoms with Gasteiger partial charge in [-0.05, 0) is 17.7 Å². The minimum atomic E-state index is -4.34. The third kappa shape index (κ3) is 3.01. The molecule has 0 unspecified atom stereocenters. The molecule has 0 atom stereocenters. The van der Waals surface area contributed by atoms with Crippen LogP contribution >= 0.6 is 0 Å². The number of benzene rings is 1. The van der Waals surface area contributed by atoms with Crippen LogP contribution in [0.15, 0.2) is 33.5 Å². The highest BCUT2D eigenvalue weighted by molar-refractivity contribution is 5.93. The molecule has 0 amide bonds. The van der Waals surface area contributed by atoms with Crippen LogP contribution in [0.3, 0.4) is 0 Å². The molecular formula is C13H9F3O3. The van der Waals surface area contributed by atoms with Crippen LogP contribution in [0.5, 0.6) is 0 Å². The summed E-state index contributed by atoms with van der Waals surface area (Å²) in [6.45, 7) is 1.24. The van der Waals surface area contributed by atoms with Gasteiger partial charge in [0.1, 0.15) is 5.58 Å². The van der Waals surface area contributed by atoms with Gasteiger partial charge < -0.3 is 4.42 Å². The van der Waals surface area contributed by atoms with E-state index in [1.165, 1.54) is 19.1 Å². The molecular weight excluding hydrogens is 261 g/mol. The van der Waals surface area contributed by atoms with E-state index in [9.17, 15) is 22.8 Å². The first-order chi connectivity index (χ1) is 8.76. The van der Waals surface area contributed by atoms with Gasteiger partial charge >= 0.3 is 6.18 Å². The highest BCUT2D eigenvalue weighted by Crippen LogP contribution is 2.23. The van der Waals surface area contributed by atoms with E-state index in [4.69, 9.17) is 4.42 Å². The number of ketones is 1. The van der Waals surface area contributed by atoms with Crippen molar-refractivity contribution in [2.45, 2.75) is 19.5 Å². The summed E-state index contributed by atoms with van der Waals surface area (Å²) < 4.78 is 42.0. The number of rotatable bonds is 2. The smallest absolute Gasteiger partial charge is 0.393 e. The van der Waals surface area contributed by atoms with Crippen LogP contribution in [0.4, 0.5) is 13.2 Å². The first-order valence-corrected chi connectivity index (χ1v) is 5.41. The molecule has 0 aliphatic heterocycles. The standard InChI is InChI=1S/C13H9F3O3/c1-7(17)12-5-10(18)9-4-8(6-13(14,15)16)2-3-11(9)19-12/h2-5H,6H2,1H3. The van der Waals surface area contributed by atoms with E-state index < -0.39 is 23.8 Å². The summed E-state index contributed by atoms with van der Waals surface area (Å²) in [5.74, 6) is -0.528. The molecule has 0 fully saturated rings. The highest BCUT2D eigenvalue weighted by atomic mass is 19.4. The number of hydrogen-bond donors (Lipinski definition) is 0. The van der Waals surface area contributed by atoms with Crippen LogP contribution in [0.1, 0.15) is 23.0 Å². The quantitative estimate of drug-likeness (QED) is 0.788. The van der Waals surface area contributed by atoms with Crippen LogP contribution in [-0.4, -0.2) is 12.0 Å². The van der Waals surface area contributed by atoms with E-state index in [0.717, 1.165) is 12.1 Å². The number of carbonyl (C=O) groups excluding carboxylic acids is 1. The van der Waals surface area contributed by atoms with E-state index in [0.29, 0.717) is 0 Å². The average molecular weight is 270 g/mol. The Labute approximate surface area is 105 Å². The molecule has 0 bridgehead atoms. The van der Waals surface area contributed by atoms with E-state index in [1.807, 2.05) is 0 Å². The molecule has 0 aliphatic rings. The number of halogens is 3. The number of fused-ring (bicyclic) bond motifs is 1. The Bertz CT molecular complexity index is 698. The Balaban J connectivity index is 2.56. The Kier molecular flexibility index (Phi) is 3.18. The molecule has 0 radical (unpaired) electrons. The van der Waals surface area contributed by atoms with Crippen molar-refractivity contribution in [3.63, 3.8) is 0 Å². The highest BCUT2D eigenvalue weighted by Gasteiger charge is 2.27. The molecule has 0 N–H and O–H groups in total. The third-order valence-corrected chi connectivity index (χ3v) is 2.54. The van der Waals surface area contributed by atoms with Crippen molar-refractivity contribution >= 4 is 16.8 Å². The molecule has 0 saturated heterocycles. The summed E-state index contributed by atoms with van der Waals surface area (Å²) in [7, 11) is 0. The van der Waals surface area contributed by atoms with Gasteiger partial charge in [0.25, 0.3) is 0 Å². The van der Waals surface area contributed by atoms with Gasteiger partial charge in [-0.1, -0.05) is 6.07 Å². The minimum Gasteiger partial charge on any atom is -0.453 e. The molecule has 19 heavy (non-hydrogen) atoms. The zero-order chi connectivity index (χ0) is 14.2. The van der Waals surface area contributed by atoms with Crippen molar-refractivity contribution in [3.8, 4) is 0 Å². The number of Topliss-reactive ketones (excluding diaryl/α,β-unsaturated/α-hetero) is 1. The first kappa shape index (κ1) is 13.3. The van der Waals surface area contributed by atoms with Gasteiger partial charge in [-0.3, -0.25) is 9.59 Å². The van der Waals surface area contributed by atoms with E-state index in [2.05, 4.69) is 0 Å². The molecule has 1 heterocycles. The van der Waals surface area contributed by atoms with Crippen LogP contribution in [0, 0.1) is 0 Å². The molecule has 100 valence electrons. The SMILES string of the molecule is CC(=O)c1cc(=O)c2cc(CC(F)(F)F)ccc2o1. The van der Waals surface area contributed by atoms with E-state index in [1.54, 1.807) is 0 Å². The fourth-order valence-electron chi connectivity index (χ4n) is 1.72. The average Bonchev–Trinajstić information content (AvgIpc) is 2.27. The molecule has 2 rings (SSSR count). The first-order valence-electron chi connectivity index (χ1n) is 5.41. The van der Waals surface area contributed by atoms with Gasteiger partial charge in [0.05, 0.1) is 11.8 Å². The van der Waals surface area contributed by atoms with Gasteiger partial charge in [-0.15, -0.1) is 0 Å². The van der Waals surface area contributed by atoms with Gasteiger partial charge in [0, 0.05) is 13.0 Å². The molecule has 0 saturated carbocycles. The Morgan fingerprint density at radius 1 is 1.26 bits per heavy atom. The van der Waals surface area contributed by atoms with Crippen molar-refractivity contribution in [2.24, 2.45) is 0 Å². The Morgan fingerprint density at radius 2 is 1.95 bits per heavy atom. The largest absolute Gasteiger partial charge is 0.453 e. The molecule has 1 aromatic heterocycles. The van der Waals surface area contributed by atoms with E-state index >= 15 is 0 Å². The fraction of sp³-hybridized carbons (Fsp3) is 0.231. The van der Waals surface area contributed by atoms with Gasteiger partial charge in [-0.25, -0.2) is 0 Å². The van der Waals surface area contributed by atoms with Gasteiger partial charge in [-0.2, -0.15) is 13.2 Å². The second-order valence-corrected chi connectivity index (χ2v) is 4.15. The molecule has 3 nitrogen and oxygen atoms in total. The maximum absolute atomic E-state index is 12.3. The predicted octanol–water partition coefficient (Wildman–Crippen LogP) is 3.10. The van der Waals surface area contributed by atoms with Crippen molar-refractivity contribution in [1.29, 1.82) is 0 Å². The normalized spacial score (nSPS) is 11.8. The molecule has 0 spiro atoms. The van der Waals surface area contributed by atoms with Crippen LogP contribution < -0.4 is 5.43 Å². The third-order valence-electron chi connectivity index (χ3n) is 2.54.